The number of rotatable bonds is 2. The second kappa shape index (κ2) is 6.66. The summed E-state index contributed by atoms with van der Waals surface area (Å²) < 4.78 is 10.8. The van der Waals surface area contributed by atoms with Crippen LogP contribution in [0.15, 0.2) is 42.2 Å². The van der Waals surface area contributed by atoms with E-state index < -0.39 is 11.9 Å². The van der Waals surface area contributed by atoms with Gasteiger partial charge in [-0.25, -0.2) is 0 Å². The highest BCUT2D eigenvalue weighted by atomic mass is 16.5. The number of hydrogen-bond acceptors (Lipinski definition) is 4. The maximum Gasteiger partial charge on any atom is 0.310 e. The molecule has 1 saturated heterocycles. The molecule has 1 aromatic carbocycles. The Morgan fingerprint density at radius 2 is 2.09 bits per heavy atom. The first-order valence-corrected chi connectivity index (χ1v) is 7.39. The number of carbonyl (C=O) groups excluding carboxylic acids is 1. The Morgan fingerprint density at radius 3 is 2.91 bits per heavy atom. The van der Waals surface area contributed by atoms with Gasteiger partial charge in [0, 0.05) is 24.2 Å². The molecule has 2 aliphatic rings. The lowest BCUT2D eigenvalue weighted by Crippen LogP contribution is -2.38. The second-order valence-corrected chi connectivity index (χ2v) is 5.42. The van der Waals surface area contributed by atoms with Crippen molar-refractivity contribution in [1.29, 1.82) is 0 Å². The molecule has 1 atom stereocenters. The first-order chi connectivity index (χ1) is 11.1. The molecule has 1 amide bonds. The van der Waals surface area contributed by atoms with Crippen molar-refractivity contribution in [3.63, 3.8) is 0 Å². The van der Waals surface area contributed by atoms with E-state index in [9.17, 15) is 14.7 Å². The summed E-state index contributed by atoms with van der Waals surface area (Å²) in [5.74, 6) is -1.21. The number of hydrogen-bond donors (Lipinski definition) is 1. The molecular weight excluding hydrogens is 298 g/mol. The summed E-state index contributed by atoms with van der Waals surface area (Å²) in [5, 5.41) is 9.18. The van der Waals surface area contributed by atoms with E-state index in [0.29, 0.717) is 24.5 Å². The zero-order valence-corrected chi connectivity index (χ0v) is 12.5. The number of carboxylic acids is 1. The average Bonchev–Trinajstić information content (AvgIpc) is 2.92. The molecule has 1 unspecified atom stereocenters. The Hall–Kier alpha value is -2.60. The van der Waals surface area contributed by atoms with Crippen LogP contribution < -0.4 is 4.74 Å². The molecule has 2 heterocycles. The molecule has 6 nitrogen and oxygen atoms in total. The van der Waals surface area contributed by atoms with Crippen molar-refractivity contribution in [2.75, 3.05) is 26.3 Å². The normalized spacial score (nSPS) is 20.6. The van der Waals surface area contributed by atoms with Gasteiger partial charge in [-0.1, -0.05) is 18.2 Å². The molecule has 1 aromatic rings. The highest BCUT2D eigenvalue weighted by molar-refractivity contribution is 6.01. The summed E-state index contributed by atoms with van der Waals surface area (Å²) in [5.41, 5.74) is 1.27. The summed E-state index contributed by atoms with van der Waals surface area (Å²) in [6, 6.07) is 7.41. The van der Waals surface area contributed by atoms with Crippen LogP contribution in [-0.4, -0.2) is 48.2 Å². The Bertz CT molecular complexity index is 679. The highest BCUT2D eigenvalue weighted by Crippen LogP contribution is 2.25. The topological polar surface area (TPSA) is 76.1 Å². The van der Waals surface area contributed by atoms with Crippen LogP contribution in [0, 0.1) is 5.92 Å². The number of amides is 1. The van der Waals surface area contributed by atoms with Crippen LogP contribution in [0.3, 0.4) is 0 Å². The van der Waals surface area contributed by atoms with Crippen molar-refractivity contribution in [3.05, 3.63) is 47.7 Å². The van der Waals surface area contributed by atoms with Crippen LogP contribution in [0.25, 0.3) is 6.08 Å². The third kappa shape index (κ3) is 3.43. The molecule has 23 heavy (non-hydrogen) atoms. The van der Waals surface area contributed by atoms with Crippen molar-refractivity contribution >= 4 is 18.0 Å². The van der Waals surface area contributed by atoms with Crippen LogP contribution in [-0.2, 0) is 14.3 Å². The number of benzene rings is 1. The van der Waals surface area contributed by atoms with E-state index in [4.69, 9.17) is 9.47 Å². The van der Waals surface area contributed by atoms with Gasteiger partial charge in [-0.3, -0.25) is 9.59 Å². The highest BCUT2D eigenvalue weighted by Gasteiger charge is 2.28. The van der Waals surface area contributed by atoms with Crippen LogP contribution >= 0.6 is 0 Å². The molecule has 0 aromatic heterocycles. The van der Waals surface area contributed by atoms with Crippen LogP contribution in [0.5, 0.6) is 5.75 Å². The van der Waals surface area contributed by atoms with Crippen molar-refractivity contribution in [2.24, 2.45) is 5.92 Å². The van der Waals surface area contributed by atoms with E-state index in [-0.39, 0.29) is 19.1 Å². The molecule has 1 fully saturated rings. The molecular formula is C17H17NO5. The molecule has 0 bridgehead atoms. The quantitative estimate of drug-likeness (QED) is 0.896. The van der Waals surface area contributed by atoms with Gasteiger partial charge < -0.3 is 19.5 Å². The maximum atomic E-state index is 12.7. The summed E-state index contributed by atoms with van der Waals surface area (Å²) in [6.45, 7) is 0.970. The third-order valence-electron chi connectivity index (χ3n) is 3.82. The summed E-state index contributed by atoms with van der Waals surface area (Å²) in [6.07, 6.45) is 4.82. The lowest BCUT2D eigenvalue weighted by Gasteiger charge is -2.22. The average molecular weight is 315 g/mol. The lowest BCUT2D eigenvalue weighted by atomic mass is 10.1. The molecule has 120 valence electrons. The van der Waals surface area contributed by atoms with Gasteiger partial charge in [0.1, 0.15) is 5.75 Å². The summed E-state index contributed by atoms with van der Waals surface area (Å²) >= 11 is 0. The van der Waals surface area contributed by atoms with Crippen LogP contribution in [0.2, 0.25) is 0 Å². The van der Waals surface area contributed by atoms with E-state index in [2.05, 4.69) is 0 Å². The molecule has 6 heteroatoms. The fourth-order valence-corrected chi connectivity index (χ4v) is 2.56. The number of ether oxygens (including phenoxy) is 2. The van der Waals surface area contributed by atoms with E-state index >= 15 is 0 Å². The molecule has 0 radical (unpaired) electrons. The van der Waals surface area contributed by atoms with Gasteiger partial charge in [0.2, 0.25) is 0 Å². The molecule has 1 N–H and O–H groups in total. The van der Waals surface area contributed by atoms with E-state index in [1.54, 1.807) is 12.2 Å². The third-order valence-corrected chi connectivity index (χ3v) is 3.82. The monoisotopic (exact) mass is 315 g/mol. The van der Waals surface area contributed by atoms with Gasteiger partial charge in [0.05, 0.1) is 25.4 Å². The first-order valence-electron chi connectivity index (χ1n) is 7.39. The number of carboxylic acid groups (broad SMARTS) is 1. The minimum atomic E-state index is -0.955. The van der Waals surface area contributed by atoms with Gasteiger partial charge in [0.15, 0.2) is 0 Å². The van der Waals surface area contributed by atoms with Crippen molar-refractivity contribution < 1.29 is 24.2 Å². The zero-order valence-electron chi connectivity index (χ0n) is 12.5. The smallest absolute Gasteiger partial charge is 0.310 e. The predicted molar refractivity (Wildman–Crippen MR) is 82.7 cm³/mol. The number of nitrogens with zero attached hydrogens (tertiary/aromatic N) is 1. The number of carbonyl (C=O) groups is 2. The van der Waals surface area contributed by atoms with Crippen LogP contribution in [0.1, 0.15) is 5.56 Å². The van der Waals surface area contributed by atoms with E-state index in [1.165, 1.54) is 11.2 Å². The Kier molecular flexibility index (Phi) is 4.43. The van der Waals surface area contributed by atoms with E-state index in [1.807, 2.05) is 24.3 Å². The van der Waals surface area contributed by atoms with Gasteiger partial charge >= 0.3 is 5.97 Å². The molecule has 0 aliphatic carbocycles. The minimum absolute atomic E-state index is 0.125. The van der Waals surface area contributed by atoms with Gasteiger partial charge in [-0.2, -0.15) is 0 Å². The van der Waals surface area contributed by atoms with Crippen LogP contribution in [0.4, 0.5) is 0 Å². The van der Waals surface area contributed by atoms with Crippen molar-refractivity contribution in [1.82, 2.24) is 4.90 Å². The number of aliphatic carboxylic acids is 1. The largest absolute Gasteiger partial charge is 0.481 e. The fraction of sp³-hybridized carbons (Fsp3) is 0.294. The lowest BCUT2D eigenvalue weighted by molar-refractivity contribution is -0.144. The summed E-state index contributed by atoms with van der Waals surface area (Å²) in [7, 11) is 0. The number of fused-ring (bicyclic) bond motifs is 1. The van der Waals surface area contributed by atoms with Gasteiger partial charge in [0.25, 0.3) is 5.91 Å². The first kappa shape index (κ1) is 15.3. The van der Waals surface area contributed by atoms with Gasteiger partial charge in [-0.15, -0.1) is 0 Å². The van der Waals surface area contributed by atoms with Crippen molar-refractivity contribution in [3.8, 4) is 5.75 Å². The Balaban J connectivity index is 1.84. The SMILES string of the molecule is O=C(O)C1COCCN(C(=O)C2=Cc3ccccc3OC=C2)C1. The Labute approximate surface area is 133 Å². The van der Waals surface area contributed by atoms with Crippen molar-refractivity contribution in [2.45, 2.75) is 0 Å². The number of para-hydroxylation sites is 1. The second-order valence-electron chi connectivity index (χ2n) is 5.42. The molecule has 0 spiro atoms. The molecule has 2 aliphatic heterocycles. The molecule has 0 saturated carbocycles. The predicted octanol–water partition coefficient (Wildman–Crippen LogP) is 1.54. The molecule has 3 rings (SSSR count). The zero-order chi connectivity index (χ0) is 16.2. The van der Waals surface area contributed by atoms with Gasteiger partial charge in [-0.05, 0) is 18.2 Å². The fourth-order valence-electron chi connectivity index (χ4n) is 2.56. The Morgan fingerprint density at radius 1 is 1.26 bits per heavy atom. The standard InChI is InChI=1S/C17H17NO5/c19-16(18-6-8-22-11-14(10-18)17(20)21)13-5-7-23-15-4-2-1-3-12(15)9-13/h1-5,7,9,14H,6,8,10-11H2,(H,20,21). The van der Waals surface area contributed by atoms with E-state index in [0.717, 1.165) is 5.56 Å². The minimum Gasteiger partial charge on any atom is -0.481 e. The maximum absolute atomic E-state index is 12.7. The summed E-state index contributed by atoms with van der Waals surface area (Å²) in [4.78, 5) is 25.5.